The highest BCUT2D eigenvalue weighted by Crippen LogP contribution is 2.47. The van der Waals surface area contributed by atoms with E-state index in [1.54, 1.807) is 14.2 Å². The van der Waals surface area contributed by atoms with Crippen molar-refractivity contribution in [3.05, 3.63) is 88.0 Å². The largest absolute Gasteiger partial charge is 0.496 e. The summed E-state index contributed by atoms with van der Waals surface area (Å²) in [5.74, 6) is 5.51. The Labute approximate surface area is 272 Å². The second kappa shape index (κ2) is 13.8. The number of aryl methyl sites for hydroxylation is 4. The summed E-state index contributed by atoms with van der Waals surface area (Å²) >= 11 is 0. The molecule has 1 N–H and O–H groups in total. The molecular formula is C39H52N2O3Si. The van der Waals surface area contributed by atoms with Gasteiger partial charge in [-0.25, -0.2) is 0 Å². The molecule has 240 valence electrons. The predicted octanol–water partition coefficient (Wildman–Crippen LogP) is 8.94. The van der Waals surface area contributed by atoms with Gasteiger partial charge in [-0.1, -0.05) is 89.9 Å². The van der Waals surface area contributed by atoms with Crippen LogP contribution in [0.1, 0.15) is 81.0 Å². The van der Waals surface area contributed by atoms with E-state index in [0.717, 1.165) is 50.6 Å². The maximum Gasteiger partial charge on any atom is 0.244 e. The fraction of sp³-hybridized carbons (Fsp3) is 0.462. The lowest BCUT2D eigenvalue weighted by atomic mass is 9.92. The second-order valence-electron chi connectivity index (χ2n) is 13.6. The van der Waals surface area contributed by atoms with E-state index >= 15 is 0 Å². The Kier molecular flexibility index (Phi) is 10.6. The molecule has 3 aromatic rings. The van der Waals surface area contributed by atoms with Crippen LogP contribution in [-0.4, -0.2) is 45.2 Å². The van der Waals surface area contributed by atoms with Crippen LogP contribution in [0.3, 0.4) is 0 Å². The number of nitrogens with one attached hydrogen (secondary N) is 1. The molecule has 0 spiro atoms. The number of anilines is 1. The Bertz CT molecular complexity index is 1460. The number of carbonyl (C=O) groups excluding carboxylic acids is 1. The van der Waals surface area contributed by atoms with Gasteiger partial charge < -0.3 is 14.8 Å². The summed E-state index contributed by atoms with van der Waals surface area (Å²) in [4.78, 5) is 16.4. The predicted molar refractivity (Wildman–Crippen MR) is 190 cm³/mol. The molecule has 0 aromatic heterocycles. The number of carbonyl (C=O) groups is 1. The smallest absolute Gasteiger partial charge is 0.244 e. The molecule has 4 rings (SSSR count). The van der Waals surface area contributed by atoms with Crippen molar-refractivity contribution in [3.63, 3.8) is 0 Å². The first-order valence-corrected chi connectivity index (χ1v) is 18.5. The Hall–Kier alpha value is -3.53. The molecule has 0 aliphatic carbocycles. The standard InChI is InChI=1S/C39H52N2O3Si/c1-24(2)45(25(3)4,26(5)6)19-18-34-36(39(42)40-33-16-14-13-15-17-33)41(34)35(31-20-27(7)37(43-11)28(8)21-31)32-22-29(9)38(44-12)30(10)23-32/h13-17,20-26,34-36H,1-12H3,(H,40,42)/t34-,36-,41?/m1/s1. The minimum atomic E-state index is -2.02. The molecule has 1 unspecified atom stereocenters. The summed E-state index contributed by atoms with van der Waals surface area (Å²) < 4.78 is 11.5. The monoisotopic (exact) mass is 624 g/mol. The van der Waals surface area contributed by atoms with Crippen LogP contribution in [0.5, 0.6) is 11.5 Å². The summed E-state index contributed by atoms with van der Waals surface area (Å²) in [6.45, 7) is 22.3. The molecule has 1 saturated heterocycles. The first-order chi connectivity index (χ1) is 21.3. The van der Waals surface area contributed by atoms with Crippen LogP contribution in [0.2, 0.25) is 16.6 Å². The van der Waals surface area contributed by atoms with E-state index in [0.29, 0.717) is 16.6 Å². The number of hydrogen-bond donors (Lipinski definition) is 1. The van der Waals surface area contributed by atoms with Gasteiger partial charge in [-0.15, -0.1) is 5.54 Å². The Morgan fingerprint density at radius 1 is 0.756 bits per heavy atom. The van der Waals surface area contributed by atoms with Gasteiger partial charge >= 0.3 is 0 Å². The lowest BCUT2D eigenvalue weighted by Gasteiger charge is -2.38. The van der Waals surface area contributed by atoms with Crippen molar-refractivity contribution in [2.75, 3.05) is 19.5 Å². The quantitative estimate of drug-likeness (QED) is 0.139. The normalized spacial score (nSPS) is 17.8. The lowest BCUT2D eigenvalue weighted by molar-refractivity contribution is -0.116. The van der Waals surface area contributed by atoms with Gasteiger partial charge in [-0.05, 0) is 89.8 Å². The van der Waals surface area contributed by atoms with Crippen LogP contribution in [0.25, 0.3) is 0 Å². The van der Waals surface area contributed by atoms with Crippen molar-refractivity contribution < 1.29 is 14.3 Å². The molecule has 5 nitrogen and oxygen atoms in total. The van der Waals surface area contributed by atoms with Crippen molar-refractivity contribution in [2.45, 2.75) is 104 Å². The van der Waals surface area contributed by atoms with Gasteiger partial charge in [0.1, 0.15) is 25.6 Å². The molecule has 1 amide bonds. The SMILES string of the molecule is COc1c(C)cc(C(c2cc(C)c(OC)c(C)c2)N2[C@H](C#C[Si](C(C)C)(C(C)C)C(C)C)[C@@H]2C(=O)Nc2ccccc2)cc1C. The zero-order chi connectivity index (χ0) is 33.2. The molecule has 45 heavy (non-hydrogen) atoms. The van der Waals surface area contributed by atoms with Crippen LogP contribution in [-0.2, 0) is 4.79 Å². The molecule has 1 heterocycles. The molecule has 1 aliphatic rings. The minimum Gasteiger partial charge on any atom is -0.496 e. The fourth-order valence-corrected chi connectivity index (χ4v) is 13.1. The number of methoxy groups -OCH3 is 2. The highest BCUT2D eigenvalue weighted by molar-refractivity contribution is 6.90. The summed E-state index contributed by atoms with van der Waals surface area (Å²) in [5.41, 5.74) is 12.8. The Morgan fingerprint density at radius 2 is 1.18 bits per heavy atom. The zero-order valence-corrected chi connectivity index (χ0v) is 30.3. The molecule has 0 bridgehead atoms. The van der Waals surface area contributed by atoms with Crippen molar-refractivity contribution >= 4 is 19.7 Å². The van der Waals surface area contributed by atoms with Gasteiger partial charge in [0.2, 0.25) is 5.91 Å². The zero-order valence-electron chi connectivity index (χ0n) is 29.3. The van der Waals surface area contributed by atoms with Crippen LogP contribution < -0.4 is 14.8 Å². The Morgan fingerprint density at radius 3 is 1.56 bits per heavy atom. The second-order valence-corrected chi connectivity index (χ2v) is 19.2. The van der Waals surface area contributed by atoms with Gasteiger partial charge in [-0.3, -0.25) is 9.69 Å². The molecule has 3 atom stereocenters. The van der Waals surface area contributed by atoms with Crippen LogP contribution in [0, 0.1) is 39.2 Å². The van der Waals surface area contributed by atoms with E-state index in [2.05, 4.69) is 115 Å². The van der Waals surface area contributed by atoms with Crippen molar-refractivity contribution in [1.82, 2.24) is 4.90 Å². The fourth-order valence-electron chi connectivity index (χ4n) is 7.83. The average molecular weight is 625 g/mol. The van der Waals surface area contributed by atoms with Crippen LogP contribution in [0.4, 0.5) is 5.69 Å². The van der Waals surface area contributed by atoms with Crippen molar-refractivity contribution in [1.29, 1.82) is 0 Å². The molecule has 0 radical (unpaired) electrons. The van der Waals surface area contributed by atoms with Gasteiger partial charge in [0, 0.05) is 5.69 Å². The number of hydrogen-bond acceptors (Lipinski definition) is 4. The molecule has 1 aliphatic heterocycles. The minimum absolute atomic E-state index is 0.0275. The first kappa shape index (κ1) is 34.3. The molecular weight excluding hydrogens is 573 g/mol. The molecule has 6 heteroatoms. The number of amides is 1. The summed E-state index contributed by atoms with van der Waals surface area (Å²) in [6, 6.07) is 17.7. The van der Waals surface area contributed by atoms with Gasteiger partial charge in [0.05, 0.1) is 26.3 Å². The van der Waals surface area contributed by atoms with E-state index in [1.165, 1.54) is 0 Å². The lowest BCUT2D eigenvalue weighted by Crippen LogP contribution is -2.43. The van der Waals surface area contributed by atoms with E-state index in [4.69, 9.17) is 9.47 Å². The van der Waals surface area contributed by atoms with Crippen LogP contribution >= 0.6 is 0 Å². The third kappa shape index (κ3) is 6.71. The van der Waals surface area contributed by atoms with Gasteiger partial charge in [-0.2, -0.15) is 0 Å². The van der Waals surface area contributed by atoms with Crippen molar-refractivity contribution in [3.8, 4) is 23.0 Å². The maximum atomic E-state index is 14.1. The maximum absolute atomic E-state index is 14.1. The Balaban J connectivity index is 1.92. The number of ether oxygens (including phenoxy) is 2. The highest BCUT2D eigenvalue weighted by atomic mass is 28.3. The third-order valence-corrected chi connectivity index (χ3v) is 16.1. The molecule has 0 saturated carbocycles. The van der Waals surface area contributed by atoms with Crippen molar-refractivity contribution in [2.24, 2.45) is 0 Å². The van der Waals surface area contributed by atoms with E-state index < -0.39 is 14.1 Å². The number of rotatable bonds is 10. The van der Waals surface area contributed by atoms with Crippen LogP contribution in [0.15, 0.2) is 54.6 Å². The average Bonchev–Trinajstić information content (AvgIpc) is 3.66. The van der Waals surface area contributed by atoms with E-state index in [9.17, 15) is 4.79 Å². The summed E-state index contributed by atoms with van der Waals surface area (Å²) in [6.07, 6.45) is 0. The van der Waals surface area contributed by atoms with E-state index in [-0.39, 0.29) is 18.0 Å². The topological polar surface area (TPSA) is 50.6 Å². The number of para-hydroxylation sites is 1. The summed E-state index contributed by atoms with van der Waals surface area (Å²) in [7, 11) is 1.41. The molecule has 3 aromatic carbocycles. The third-order valence-electron chi connectivity index (χ3n) is 9.77. The van der Waals surface area contributed by atoms with Gasteiger partial charge in [0.25, 0.3) is 0 Å². The first-order valence-electron chi connectivity index (χ1n) is 16.2. The number of nitrogens with zero attached hydrogens (tertiary/aromatic N) is 1. The van der Waals surface area contributed by atoms with Gasteiger partial charge in [0.15, 0.2) is 0 Å². The molecule has 1 fully saturated rings. The highest BCUT2D eigenvalue weighted by Gasteiger charge is 2.56. The van der Waals surface area contributed by atoms with E-state index in [1.807, 2.05) is 30.3 Å². The summed E-state index contributed by atoms with van der Waals surface area (Å²) in [5, 5.41) is 3.19. The number of benzene rings is 3.